The number of hydrogen-bond donors (Lipinski definition) is 0. The normalized spacial score (nSPS) is 10.7. The van der Waals surface area contributed by atoms with Crippen molar-refractivity contribution in [3.05, 3.63) is 12.2 Å². The van der Waals surface area contributed by atoms with Crippen molar-refractivity contribution in [2.75, 3.05) is 19.8 Å². The molecule has 40 heavy (non-hydrogen) atoms. The molecule has 0 aliphatic rings. The number of hydrogen-bond acceptors (Lipinski definition) is 6. The zero-order valence-electron chi connectivity index (χ0n) is 26.8. The Bertz CT molecular complexity index is 563. The van der Waals surface area contributed by atoms with Crippen LogP contribution >= 0.6 is 0 Å². The van der Waals surface area contributed by atoms with Crippen molar-refractivity contribution in [3.63, 3.8) is 0 Å². The van der Waals surface area contributed by atoms with Gasteiger partial charge in [-0.3, -0.25) is 14.4 Å². The highest BCUT2D eigenvalue weighted by Gasteiger charge is 2.03. The average molecular weight is 569 g/mol. The van der Waals surface area contributed by atoms with Crippen LogP contribution in [-0.2, 0) is 28.6 Å². The monoisotopic (exact) mass is 568 g/mol. The second-order valence-electron chi connectivity index (χ2n) is 10.4. The summed E-state index contributed by atoms with van der Waals surface area (Å²) in [5.41, 5.74) is 0. The zero-order chi connectivity index (χ0) is 29.9. The summed E-state index contributed by atoms with van der Waals surface area (Å²) in [7, 11) is 0. The van der Waals surface area contributed by atoms with Gasteiger partial charge in [-0.2, -0.15) is 0 Å². The fourth-order valence-corrected chi connectivity index (χ4v) is 4.29. The van der Waals surface area contributed by atoms with Crippen LogP contribution in [0.3, 0.4) is 0 Å². The van der Waals surface area contributed by atoms with Gasteiger partial charge in [-0.1, -0.05) is 96.1 Å². The second-order valence-corrected chi connectivity index (χ2v) is 10.4. The van der Waals surface area contributed by atoms with E-state index in [1.807, 2.05) is 20.8 Å². The molecule has 0 aromatic heterocycles. The maximum absolute atomic E-state index is 11.1. The Balaban J connectivity index is 0. The van der Waals surface area contributed by atoms with E-state index in [-0.39, 0.29) is 17.9 Å². The van der Waals surface area contributed by atoms with E-state index in [0.717, 1.165) is 51.4 Å². The predicted molar refractivity (Wildman–Crippen MR) is 166 cm³/mol. The highest BCUT2D eigenvalue weighted by atomic mass is 16.5. The number of unbranched alkanes of at least 4 members (excludes halogenated alkanes) is 16. The van der Waals surface area contributed by atoms with Crippen LogP contribution in [0.4, 0.5) is 0 Å². The van der Waals surface area contributed by atoms with Gasteiger partial charge in [0.25, 0.3) is 0 Å². The Hall–Kier alpha value is -1.85. The van der Waals surface area contributed by atoms with E-state index in [2.05, 4.69) is 19.1 Å². The molecule has 0 bridgehead atoms. The Morgan fingerprint density at radius 2 is 0.675 bits per heavy atom. The van der Waals surface area contributed by atoms with Crippen molar-refractivity contribution in [1.29, 1.82) is 0 Å². The van der Waals surface area contributed by atoms with Crippen molar-refractivity contribution >= 4 is 17.9 Å². The van der Waals surface area contributed by atoms with Gasteiger partial charge < -0.3 is 14.2 Å². The van der Waals surface area contributed by atoms with E-state index in [0.29, 0.717) is 39.1 Å². The van der Waals surface area contributed by atoms with Crippen molar-refractivity contribution in [2.24, 2.45) is 0 Å². The van der Waals surface area contributed by atoms with E-state index in [1.165, 1.54) is 70.6 Å². The lowest BCUT2D eigenvalue weighted by molar-refractivity contribution is -0.144. The molecule has 0 rings (SSSR count). The Labute approximate surface area is 247 Å². The molecule has 0 heterocycles. The van der Waals surface area contributed by atoms with Crippen LogP contribution in [0.1, 0.15) is 169 Å². The molecule has 0 aromatic rings. The van der Waals surface area contributed by atoms with Crippen molar-refractivity contribution in [1.82, 2.24) is 0 Å². The molecule has 6 heteroatoms. The molecular weight excluding hydrogens is 504 g/mol. The lowest BCUT2D eigenvalue weighted by Crippen LogP contribution is -2.03. The SMILES string of the molecule is CCCCCCCC/C=C\CCCCCCCC(=O)OCC.CCOC(=O)CCCCCCCCC(=O)OCC. The van der Waals surface area contributed by atoms with Gasteiger partial charge >= 0.3 is 17.9 Å². The largest absolute Gasteiger partial charge is 0.466 e. The van der Waals surface area contributed by atoms with Gasteiger partial charge in [-0.05, 0) is 65.7 Å². The van der Waals surface area contributed by atoms with Gasteiger partial charge in [0, 0.05) is 19.3 Å². The summed E-state index contributed by atoms with van der Waals surface area (Å²) in [6.07, 6.45) is 29.2. The first-order valence-corrected chi connectivity index (χ1v) is 16.6. The van der Waals surface area contributed by atoms with E-state index >= 15 is 0 Å². The fraction of sp³-hybridized carbons (Fsp3) is 0.853. The number of carbonyl (C=O) groups is 3. The molecule has 0 saturated heterocycles. The third kappa shape index (κ3) is 36.1. The first-order valence-electron chi connectivity index (χ1n) is 16.6. The van der Waals surface area contributed by atoms with Gasteiger partial charge in [-0.25, -0.2) is 0 Å². The Morgan fingerprint density at radius 1 is 0.400 bits per heavy atom. The number of esters is 3. The Morgan fingerprint density at radius 3 is 0.975 bits per heavy atom. The summed E-state index contributed by atoms with van der Waals surface area (Å²) in [6.45, 7) is 9.20. The summed E-state index contributed by atoms with van der Waals surface area (Å²) in [4.78, 5) is 33.2. The first kappa shape index (κ1) is 40.3. The van der Waals surface area contributed by atoms with Crippen LogP contribution in [0.15, 0.2) is 12.2 Å². The molecule has 0 fully saturated rings. The molecule has 0 aliphatic heterocycles. The fourth-order valence-electron chi connectivity index (χ4n) is 4.29. The minimum absolute atomic E-state index is 0.0415. The number of rotatable bonds is 27. The van der Waals surface area contributed by atoms with Crippen molar-refractivity contribution in [2.45, 2.75) is 169 Å². The van der Waals surface area contributed by atoms with Crippen LogP contribution < -0.4 is 0 Å². The summed E-state index contributed by atoms with van der Waals surface area (Å²) in [5, 5.41) is 0. The average Bonchev–Trinajstić information content (AvgIpc) is 2.93. The summed E-state index contributed by atoms with van der Waals surface area (Å²) in [6, 6.07) is 0. The topological polar surface area (TPSA) is 78.9 Å². The zero-order valence-corrected chi connectivity index (χ0v) is 26.8. The third-order valence-electron chi connectivity index (χ3n) is 6.57. The number of allylic oxidation sites excluding steroid dienone is 2. The molecule has 6 nitrogen and oxygen atoms in total. The van der Waals surface area contributed by atoms with Gasteiger partial charge in [-0.15, -0.1) is 0 Å². The van der Waals surface area contributed by atoms with Gasteiger partial charge in [0.05, 0.1) is 19.8 Å². The lowest BCUT2D eigenvalue weighted by Gasteiger charge is -2.03. The molecular formula is C34H64O6. The van der Waals surface area contributed by atoms with Crippen LogP contribution in [0, 0.1) is 0 Å². The minimum Gasteiger partial charge on any atom is -0.466 e. The van der Waals surface area contributed by atoms with Gasteiger partial charge in [0.1, 0.15) is 0 Å². The van der Waals surface area contributed by atoms with Crippen LogP contribution in [0.5, 0.6) is 0 Å². The van der Waals surface area contributed by atoms with Gasteiger partial charge in [0.15, 0.2) is 0 Å². The Kier molecular flexibility index (Phi) is 35.4. The molecule has 0 unspecified atom stereocenters. The molecule has 0 N–H and O–H groups in total. The highest BCUT2D eigenvalue weighted by molar-refractivity contribution is 5.69. The highest BCUT2D eigenvalue weighted by Crippen LogP contribution is 2.11. The lowest BCUT2D eigenvalue weighted by atomic mass is 10.1. The molecule has 0 saturated carbocycles. The van der Waals surface area contributed by atoms with Crippen LogP contribution in [0.2, 0.25) is 0 Å². The molecule has 236 valence electrons. The maximum Gasteiger partial charge on any atom is 0.305 e. The number of carbonyl (C=O) groups excluding carboxylic acids is 3. The van der Waals surface area contributed by atoms with E-state index in [9.17, 15) is 14.4 Å². The standard InChI is InChI=1S/C20H38O2.C14H26O4/c1-3-5-6-7-8-9-10-11-12-13-14-15-16-17-18-19-20(21)22-4-2;1-3-17-13(15)11-9-7-5-6-8-10-12-14(16)18-4-2/h11-12H,3-10,13-19H2,1-2H3;3-12H2,1-2H3/b12-11-;. The van der Waals surface area contributed by atoms with E-state index in [4.69, 9.17) is 14.2 Å². The molecule has 0 aromatic carbocycles. The molecule has 0 aliphatic carbocycles. The number of ether oxygens (including phenoxy) is 3. The predicted octanol–water partition coefficient (Wildman–Crippen LogP) is 9.82. The molecule has 0 amide bonds. The van der Waals surface area contributed by atoms with Crippen LogP contribution in [-0.4, -0.2) is 37.7 Å². The smallest absolute Gasteiger partial charge is 0.305 e. The quantitative estimate of drug-likeness (QED) is 0.0424. The van der Waals surface area contributed by atoms with E-state index in [1.54, 1.807) is 0 Å². The molecule has 0 atom stereocenters. The van der Waals surface area contributed by atoms with E-state index < -0.39 is 0 Å². The first-order chi connectivity index (χ1) is 19.5. The van der Waals surface area contributed by atoms with Gasteiger partial charge in [0.2, 0.25) is 0 Å². The van der Waals surface area contributed by atoms with Crippen molar-refractivity contribution in [3.8, 4) is 0 Å². The van der Waals surface area contributed by atoms with Crippen LogP contribution in [0.25, 0.3) is 0 Å². The second kappa shape index (κ2) is 35.2. The minimum atomic E-state index is -0.0974. The third-order valence-corrected chi connectivity index (χ3v) is 6.57. The summed E-state index contributed by atoms with van der Waals surface area (Å²) >= 11 is 0. The summed E-state index contributed by atoms with van der Waals surface area (Å²) in [5.74, 6) is -0.236. The summed E-state index contributed by atoms with van der Waals surface area (Å²) < 4.78 is 14.6. The molecule has 0 spiro atoms. The van der Waals surface area contributed by atoms with Crippen molar-refractivity contribution < 1.29 is 28.6 Å². The molecule has 0 radical (unpaired) electrons. The maximum atomic E-state index is 11.1.